The number of rotatable bonds is 7. The highest BCUT2D eigenvalue weighted by Gasteiger charge is 2.12. The zero-order valence-corrected chi connectivity index (χ0v) is 17.2. The zero-order chi connectivity index (χ0) is 21.7. The summed E-state index contributed by atoms with van der Waals surface area (Å²) in [6.45, 7) is 3.05. The Kier molecular flexibility index (Phi) is 6.43. The molecule has 1 heterocycles. The predicted molar refractivity (Wildman–Crippen MR) is 116 cm³/mol. The normalized spacial score (nSPS) is 10.3. The number of aryl methyl sites for hydroxylation is 1. The van der Waals surface area contributed by atoms with Gasteiger partial charge in [0.2, 0.25) is 11.8 Å². The molecule has 0 saturated heterocycles. The van der Waals surface area contributed by atoms with Gasteiger partial charge in [-0.05, 0) is 49.4 Å². The average Bonchev–Trinajstić information content (AvgIpc) is 3.13. The number of hydrogen-bond donors (Lipinski definition) is 3. The van der Waals surface area contributed by atoms with E-state index in [1.165, 1.54) is 30.4 Å². The van der Waals surface area contributed by atoms with E-state index >= 15 is 0 Å². The molecule has 2 aromatic carbocycles. The van der Waals surface area contributed by atoms with Crippen LogP contribution >= 0.6 is 11.3 Å². The molecule has 0 fully saturated rings. The van der Waals surface area contributed by atoms with Crippen molar-refractivity contribution in [2.75, 3.05) is 17.2 Å². The van der Waals surface area contributed by atoms with E-state index in [0.717, 1.165) is 16.3 Å². The Morgan fingerprint density at radius 2 is 1.83 bits per heavy atom. The lowest BCUT2D eigenvalue weighted by atomic mass is 10.1. The van der Waals surface area contributed by atoms with Crippen LogP contribution in [0.3, 0.4) is 0 Å². The maximum atomic E-state index is 12.2. The van der Waals surface area contributed by atoms with Crippen LogP contribution < -0.4 is 21.1 Å². The monoisotopic (exact) mass is 424 g/mol. The van der Waals surface area contributed by atoms with E-state index < -0.39 is 11.8 Å². The summed E-state index contributed by atoms with van der Waals surface area (Å²) in [6.07, 6.45) is 0. The van der Waals surface area contributed by atoms with Crippen LogP contribution in [0.2, 0.25) is 0 Å². The Hall–Kier alpha value is -3.72. The van der Waals surface area contributed by atoms with E-state index in [1.807, 2.05) is 18.4 Å². The number of carbonyl (C=O) groups is 3. The SMILES string of the molecule is CC(=O)Nc1cc(-c2csc(C)n2)ccc1OCC(=O)Nc1ccc(C(N)=O)cc1. The second-order valence-electron chi connectivity index (χ2n) is 6.42. The lowest BCUT2D eigenvalue weighted by Gasteiger charge is -2.13. The zero-order valence-electron chi connectivity index (χ0n) is 16.4. The van der Waals surface area contributed by atoms with Crippen molar-refractivity contribution in [1.29, 1.82) is 0 Å². The van der Waals surface area contributed by atoms with E-state index in [0.29, 0.717) is 22.7 Å². The quantitative estimate of drug-likeness (QED) is 0.537. The number of amides is 3. The Morgan fingerprint density at radius 3 is 2.43 bits per heavy atom. The van der Waals surface area contributed by atoms with Crippen molar-refractivity contribution >= 4 is 40.4 Å². The van der Waals surface area contributed by atoms with Gasteiger partial charge in [-0.25, -0.2) is 4.98 Å². The lowest BCUT2D eigenvalue weighted by molar-refractivity contribution is -0.118. The molecule has 1 aromatic heterocycles. The van der Waals surface area contributed by atoms with E-state index in [1.54, 1.807) is 24.3 Å². The molecule has 0 unspecified atom stereocenters. The van der Waals surface area contributed by atoms with Gasteiger partial charge in [0, 0.05) is 29.1 Å². The summed E-state index contributed by atoms with van der Waals surface area (Å²) in [4.78, 5) is 39.3. The van der Waals surface area contributed by atoms with Crippen LogP contribution in [0, 0.1) is 6.92 Å². The third kappa shape index (κ3) is 5.42. The van der Waals surface area contributed by atoms with Crippen molar-refractivity contribution < 1.29 is 19.1 Å². The van der Waals surface area contributed by atoms with Crippen molar-refractivity contribution in [3.05, 3.63) is 58.4 Å². The molecule has 0 radical (unpaired) electrons. The van der Waals surface area contributed by atoms with E-state index in [2.05, 4.69) is 15.6 Å². The molecule has 3 rings (SSSR count). The number of hydrogen-bond acceptors (Lipinski definition) is 6. The summed E-state index contributed by atoms with van der Waals surface area (Å²) in [6, 6.07) is 11.4. The van der Waals surface area contributed by atoms with Crippen molar-refractivity contribution in [3.63, 3.8) is 0 Å². The fraction of sp³-hybridized carbons (Fsp3) is 0.143. The summed E-state index contributed by atoms with van der Waals surface area (Å²) < 4.78 is 5.61. The van der Waals surface area contributed by atoms with Crippen LogP contribution in [-0.2, 0) is 9.59 Å². The first-order chi connectivity index (χ1) is 14.3. The van der Waals surface area contributed by atoms with Crippen LogP contribution in [0.15, 0.2) is 47.8 Å². The van der Waals surface area contributed by atoms with Gasteiger partial charge in [0.05, 0.1) is 16.4 Å². The van der Waals surface area contributed by atoms with Gasteiger partial charge in [-0.15, -0.1) is 11.3 Å². The minimum Gasteiger partial charge on any atom is -0.482 e. The second-order valence-corrected chi connectivity index (χ2v) is 7.48. The number of benzene rings is 2. The highest BCUT2D eigenvalue weighted by molar-refractivity contribution is 7.09. The minimum atomic E-state index is -0.544. The van der Waals surface area contributed by atoms with Crippen molar-refractivity contribution in [2.45, 2.75) is 13.8 Å². The summed E-state index contributed by atoms with van der Waals surface area (Å²) in [5, 5.41) is 8.25. The third-order valence-corrected chi connectivity index (χ3v) is 4.79. The molecular weight excluding hydrogens is 404 g/mol. The molecular formula is C21H20N4O4S. The maximum Gasteiger partial charge on any atom is 0.262 e. The molecule has 0 bridgehead atoms. The Bertz CT molecular complexity index is 1090. The van der Waals surface area contributed by atoms with Crippen molar-refractivity contribution in [2.24, 2.45) is 5.73 Å². The number of nitrogens with zero attached hydrogens (tertiary/aromatic N) is 1. The molecule has 0 saturated carbocycles. The van der Waals surface area contributed by atoms with Crippen molar-refractivity contribution in [3.8, 4) is 17.0 Å². The van der Waals surface area contributed by atoms with Crippen LogP contribution in [0.25, 0.3) is 11.3 Å². The molecule has 30 heavy (non-hydrogen) atoms. The van der Waals surface area contributed by atoms with Gasteiger partial charge < -0.3 is 21.1 Å². The fourth-order valence-corrected chi connectivity index (χ4v) is 3.28. The van der Waals surface area contributed by atoms with Crippen LogP contribution in [0.4, 0.5) is 11.4 Å². The Labute approximate surface area is 177 Å². The molecule has 9 heteroatoms. The number of nitrogens with two attached hydrogens (primary N) is 1. The smallest absolute Gasteiger partial charge is 0.262 e. The van der Waals surface area contributed by atoms with Gasteiger partial charge in [0.1, 0.15) is 5.75 Å². The summed E-state index contributed by atoms with van der Waals surface area (Å²) >= 11 is 1.53. The maximum absolute atomic E-state index is 12.2. The molecule has 0 spiro atoms. The largest absolute Gasteiger partial charge is 0.482 e. The molecule has 154 valence electrons. The molecule has 0 aliphatic heterocycles. The minimum absolute atomic E-state index is 0.259. The number of ether oxygens (including phenoxy) is 1. The molecule has 3 amide bonds. The standard InChI is InChI=1S/C21H20N4O4S/c1-12(26)23-17-9-15(18-11-30-13(2)24-18)5-8-19(17)29-10-20(27)25-16-6-3-14(4-7-16)21(22)28/h3-9,11H,10H2,1-2H3,(H2,22,28)(H,23,26)(H,25,27). The number of aromatic nitrogens is 1. The molecule has 4 N–H and O–H groups in total. The first kappa shape index (κ1) is 21.0. The van der Waals surface area contributed by atoms with Gasteiger partial charge in [0.15, 0.2) is 6.61 Å². The van der Waals surface area contributed by atoms with Crippen LogP contribution in [0.5, 0.6) is 5.75 Å². The average molecular weight is 424 g/mol. The van der Waals surface area contributed by atoms with Crippen molar-refractivity contribution in [1.82, 2.24) is 4.98 Å². The summed E-state index contributed by atoms with van der Waals surface area (Å²) in [5.74, 6) is -0.835. The van der Waals surface area contributed by atoms with E-state index in [4.69, 9.17) is 10.5 Å². The molecule has 0 aliphatic rings. The van der Waals surface area contributed by atoms with Gasteiger partial charge in [-0.2, -0.15) is 0 Å². The van der Waals surface area contributed by atoms with Gasteiger partial charge >= 0.3 is 0 Å². The van der Waals surface area contributed by atoms with E-state index in [9.17, 15) is 14.4 Å². The number of primary amides is 1. The Balaban J connectivity index is 1.69. The van der Waals surface area contributed by atoms with E-state index in [-0.39, 0.29) is 12.5 Å². The first-order valence-electron chi connectivity index (χ1n) is 8.98. The predicted octanol–water partition coefficient (Wildman–Crippen LogP) is 3.19. The highest BCUT2D eigenvalue weighted by atomic mass is 32.1. The number of nitrogens with one attached hydrogen (secondary N) is 2. The molecule has 0 aliphatic carbocycles. The third-order valence-electron chi connectivity index (χ3n) is 4.02. The van der Waals surface area contributed by atoms with Crippen LogP contribution in [-0.4, -0.2) is 29.3 Å². The van der Waals surface area contributed by atoms with Gasteiger partial charge in [-0.3, -0.25) is 14.4 Å². The van der Waals surface area contributed by atoms with Crippen LogP contribution in [0.1, 0.15) is 22.3 Å². The first-order valence-corrected chi connectivity index (χ1v) is 9.86. The number of anilines is 2. The lowest BCUT2D eigenvalue weighted by Crippen LogP contribution is -2.21. The molecule has 8 nitrogen and oxygen atoms in total. The summed E-state index contributed by atoms with van der Waals surface area (Å²) in [7, 11) is 0. The Morgan fingerprint density at radius 1 is 1.10 bits per heavy atom. The topological polar surface area (TPSA) is 123 Å². The van der Waals surface area contributed by atoms with Gasteiger partial charge in [-0.1, -0.05) is 0 Å². The van der Waals surface area contributed by atoms with Gasteiger partial charge in [0.25, 0.3) is 5.91 Å². The number of carbonyl (C=O) groups excluding carboxylic acids is 3. The number of thiazole rings is 1. The summed E-state index contributed by atoms with van der Waals surface area (Å²) in [5.41, 5.74) is 8.12. The molecule has 0 atom stereocenters. The molecule has 3 aromatic rings. The second kappa shape index (κ2) is 9.19. The highest BCUT2D eigenvalue weighted by Crippen LogP contribution is 2.31. The fourth-order valence-electron chi connectivity index (χ4n) is 2.66.